The number of nitrogens with zero attached hydrogens (tertiary/aromatic N) is 2. The molecule has 2 rings (SSSR count). The molecule has 0 spiro atoms. The van der Waals surface area contributed by atoms with E-state index in [1.807, 2.05) is 27.1 Å². The number of hydrogen-bond acceptors (Lipinski definition) is 2. The minimum absolute atomic E-state index is 0.120. The van der Waals surface area contributed by atoms with Gasteiger partial charge in [-0.2, -0.15) is 5.10 Å². The van der Waals surface area contributed by atoms with Gasteiger partial charge in [-0.1, -0.05) is 19.9 Å². The monoisotopic (exact) mass is 293 g/mol. The maximum Gasteiger partial charge on any atom is 0.129 e. The molecule has 2 aromatic rings. The number of nitrogens with one attached hydrogen (secondary N) is 1. The van der Waals surface area contributed by atoms with E-state index in [0.717, 1.165) is 24.2 Å². The summed E-state index contributed by atoms with van der Waals surface area (Å²) in [5.74, 6) is -1.00. The lowest BCUT2D eigenvalue weighted by molar-refractivity contribution is 0.497. The first kappa shape index (κ1) is 15.6. The van der Waals surface area contributed by atoms with Crippen LogP contribution in [0.15, 0.2) is 24.4 Å². The van der Waals surface area contributed by atoms with Gasteiger partial charge in [0.2, 0.25) is 0 Å². The predicted octanol–water partition coefficient (Wildman–Crippen LogP) is 3.15. The zero-order valence-corrected chi connectivity index (χ0v) is 12.7. The van der Waals surface area contributed by atoms with Gasteiger partial charge >= 0.3 is 0 Å². The van der Waals surface area contributed by atoms with Crippen LogP contribution in [-0.4, -0.2) is 16.3 Å². The molecule has 0 aliphatic rings. The molecule has 0 amide bonds. The number of halogens is 2. The average Bonchev–Trinajstić information content (AvgIpc) is 2.83. The molecule has 5 heteroatoms. The van der Waals surface area contributed by atoms with E-state index in [0.29, 0.717) is 0 Å². The van der Waals surface area contributed by atoms with Crippen molar-refractivity contribution in [1.82, 2.24) is 15.1 Å². The van der Waals surface area contributed by atoms with Crippen molar-refractivity contribution in [2.24, 2.45) is 7.05 Å². The van der Waals surface area contributed by atoms with Gasteiger partial charge in [0, 0.05) is 30.4 Å². The van der Waals surface area contributed by atoms with Gasteiger partial charge in [0.1, 0.15) is 11.6 Å². The van der Waals surface area contributed by atoms with Crippen LogP contribution in [0, 0.1) is 11.6 Å². The van der Waals surface area contributed by atoms with Crippen LogP contribution < -0.4 is 5.32 Å². The van der Waals surface area contributed by atoms with Crippen molar-refractivity contribution in [3.63, 3.8) is 0 Å². The van der Waals surface area contributed by atoms with Crippen molar-refractivity contribution in [1.29, 1.82) is 0 Å². The minimum atomic E-state index is -0.500. The molecule has 0 saturated heterocycles. The summed E-state index contributed by atoms with van der Waals surface area (Å²) in [5.41, 5.74) is 2.08. The Bertz CT molecular complexity index is 587. The highest BCUT2D eigenvalue weighted by atomic mass is 19.1. The molecule has 0 bridgehead atoms. The molecular formula is C16H21F2N3. The molecule has 1 unspecified atom stereocenters. The predicted molar refractivity (Wildman–Crippen MR) is 79.1 cm³/mol. The van der Waals surface area contributed by atoms with Gasteiger partial charge in [-0.15, -0.1) is 0 Å². The quantitative estimate of drug-likeness (QED) is 0.886. The fraction of sp³-hybridized carbons (Fsp3) is 0.438. The largest absolute Gasteiger partial charge is 0.310 e. The second-order valence-electron chi connectivity index (χ2n) is 5.07. The number of likely N-dealkylation sites (N-methyl/N-ethyl adjacent to an activating group) is 1. The van der Waals surface area contributed by atoms with Crippen LogP contribution in [0.4, 0.5) is 8.78 Å². The molecule has 1 aromatic heterocycles. The Kier molecular flexibility index (Phi) is 5.07. The van der Waals surface area contributed by atoms with Crippen LogP contribution in [-0.2, 0) is 19.9 Å². The third-order valence-electron chi connectivity index (χ3n) is 3.57. The Labute approximate surface area is 124 Å². The number of benzene rings is 1. The molecule has 1 aromatic carbocycles. The molecule has 0 saturated carbocycles. The molecule has 1 atom stereocenters. The Hall–Kier alpha value is -1.75. The summed E-state index contributed by atoms with van der Waals surface area (Å²) in [6.07, 6.45) is 2.98. The Morgan fingerprint density at radius 1 is 1.24 bits per heavy atom. The smallest absolute Gasteiger partial charge is 0.129 e. The number of hydrogen-bond donors (Lipinski definition) is 1. The molecule has 3 nitrogen and oxygen atoms in total. The minimum Gasteiger partial charge on any atom is -0.310 e. The van der Waals surface area contributed by atoms with Gasteiger partial charge in [-0.3, -0.25) is 4.68 Å². The van der Waals surface area contributed by atoms with Gasteiger partial charge in [-0.25, -0.2) is 8.78 Å². The lowest BCUT2D eigenvalue weighted by Gasteiger charge is -2.18. The van der Waals surface area contributed by atoms with E-state index < -0.39 is 11.6 Å². The molecule has 0 fully saturated rings. The highest BCUT2D eigenvalue weighted by Crippen LogP contribution is 2.24. The van der Waals surface area contributed by atoms with Crippen LogP contribution in [0.2, 0.25) is 0 Å². The average molecular weight is 293 g/mol. The highest BCUT2D eigenvalue weighted by molar-refractivity contribution is 5.27. The Morgan fingerprint density at radius 3 is 2.48 bits per heavy atom. The van der Waals surface area contributed by atoms with Crippen molar-refractivity contribution in [2.45, 2.75) is 32.7 Å². The fourth-order valence-corrected chi connectivity index (χ4v) is 2.59. The molecule has 0 aliphatic carbocycles. The molecule has 1 N–H and O–H groups in total. The first-order valence-corrected chi connectivity index (χ1v) is 7.25. The standard InChI is InChI=1S/C16H21F2N3/c1-4-15-12(10-21(3)20-15)16(19-5-2)9-11-13(17)7-6-8-14(11)18/h6-8,10,16,19H,4-5,9H2,1-3H3. The van der Waals surface area contributed by atoms with E-state index in [-0.39, 0.29) is 18.0 Å². The Morgan fingerprint density at radius 2 is 1.90 bits per heavy atom. The first-order valence-electron chi connectivity index (χ1n) is 7.25. The highest BCUT2D eigenvalue weighted by Gasteiger charge is 2.20. The fourth-order valence-electron chi connectivity index (χ4n) is 2.59. The number of aryl methyl sites for hydroxylation is 2. The lowest BCUT2D eigenvalue weighted by Crippen LogP contribution is -2.24. The maximum absolute atomic E-state index is 13.9. The van der Waals surface area contributed by atoms with Crippen LogP contribution in [0.25, 0.3) is 0 Å². The second kappa shape index (κ2) is 6.80. The Balaban J connectivity index is 2.35. The van der Waals surface area contributed by atoms with E-state index >= 15 is 0 Å². The summed E-state index contributed by atoms with van der Waals surface area (Å²) < 4.78 is 29.5. The van der Waals surface area contributed by atoms with E-state index in [1.54, 1.807) is 4.68 Å². The summed E-state index contributed by atoms with van der Waals surface area (Å²) in [4.78, 5) is 0. The van der Waals surface area contributed by atoms with Gasteiger partial charge in [0.25, 0.3) is 0 Å². The summed E-state index contributed by atoms with van der Waals surface area (Å²) >= 11 is 0. The van der Waals surface area contributed by atoms with Crippen molar-refractivity contribution < 1.29 is 8.78 Å². The molecule has 21 heavy (non-hydrogen) atoms. The van der Waals surface area contributed by atoms with Gasteiger partial charge in [-0.05, 0) is 31.5 Å². The maximum atomic E-state index is 13.9. The van der Waals surface area contributed by atoms with E-state index in [1.165, 1.54) is 18.2 Å². The lowest BCUT2D eigenvalue weighted by atomic mass is 9.97. The summed E-state index contributed by atoms with van der Waals surface area (Å²) in [6.45, 7) is 4.73. The molecule has 0 aliphatic heterocycles. The summed E-state index contributed by atoms with van der Waals surface area (Å²) in [5, 5.41) is 7.71. The van der Waals surface area contributed by atoms with E-state index in [2.05, 4.69) is 10.4 Å². The van der Waals surface area contributed by atoms with Gasteiger partial charge in [0.05, 0.1) is 5.69 Å². The zero-order valence-electron chi connectivity index (χ0n) is 12.7. The van der Waals surface area contributed by atoms with Crippen molar-refractivity contribution in [2.75, 3.05) is 6.54 Å². The zero-order chi connectivity index (χ0) is 15.4. The van der Waals surface area contributed by atoms with Crippen molar-refractivity contribution in [3.8, 4) is 0 Å². The summed E-state index contributed by atoms with van der Waals surface area (Å²) in [7, 11) is 1.86. The van der Waals surface area contributed by atoms with E-state index in [4.69, 9.17) is 0 Å². The van der Waals surface area contributed by atoms with Crippen molar-refractivity contribution in [3.05, 3.63) is 52.9 Å². The molecule has 0 radical (unpaired) electrons. The normalized spacial score (nSPS) is 12.6. The summed E-state index contributed by atoms with van der Waals surface area (Å²) in [6, 6.07) is 3.83. The van der Waals surface area contributed by atoms with Crippen LogP contribution in [0.1, 0.15) is 36.7 Å². The van der Waals surface area contributed by atoms with Crippen LogP contribution in [0.5, 0.6) is 0 Å². The third kappa shape index (κ3) is 3.47. The first-order chi connectivity index (χ1) is 10.1. The SMILES string of the molecule is CCNC(Cc1c(F)cccc1F)c1cn(C)nc1CC. The van der Waals surface area contributed by atoms with Crippen LogP contribution in [0.3, 0.4) is 0 Å². The molecule has 114 valence electrons. The van der Waals surface area contributed by atoms with Crippen molar-refractivity contribution >= 4 is 0 Å². The topological polar surface area (TPSA) is 29.9 Å². The second-order valence-corrected chi connectivity index (χ2v) is 5.07. The number of aromatic nitrogens is 2. The van der Waals surface area contributed by atoms with E-state index in [9.17, 15) is 8.78 Å². The molecule has 1 heterocycles. The van der Waals surface area contributed by atoms with Gasteiger partial charge in [0.15, 0.2) is 0 Å². The molecular weight excluding hydrogens is 272 g/mol. The van der Waals surface area contributed by atoms with Crippen LogP contribution >= 0.6 is 0 Å². The number of rotatable bonds is 6. The third-order valence-corrected chi connectivity index (χ3v) is 3.57. The van der Waals surface area contributed by atoms with Gasteiger partial charge < -0.3 is 5.32 Å².